The average Bonchev–Trinajstić information content (AvgIpc) is 2.38. The van der Waals surface area contributed by atoms with Crippen LogP contribution < -0.4 is 0 Å². The summed E-state index contributed by atoms with van der Waals surface area (Å²) < 4.78 is 4.65. The van der Waals surface area contributed by atoms with Crippen LogP contribution in [0.15, 0.2) is 18.2 Å². The van der Waals surface area contributed by atoms with E-state index in [1.165, 1.54) is 12.1 Å². The molecular formula is C11H8ClN3O7. The first-order valence-electron chi connectivity index (χ1n) is 5.82. The number of hydrogen-bond donors (Lipinski definition) is 0. The summed E-state index contributed by atoms with van der Waals surface area (Å²) in [6.07, 6.45) is -1.98. The van der Waals surface area contributed by atoms with Gasteiger partial charge in [-0.15, -0.1) is 0 Å². The van der Waals surface area contributed by atoms with Crippen LogP contribution in [0.1, 0.15) is 28.9 Å². The van der Waals surface area contributed by atoms with Crippen molar-refractivity contribution in [3.05, 3.63) is 54.6 Å². The first kappa shape index (κ1) is 15.6. The number of esters is 1. The topological polar surface area (TPSA) is 133 Å². The number of fused-ring (bicyclic) bond motifs is 1. The number of nitrogens with zero attached hydrogens (tertiary/aromatic N) is 3. The number of hydrazine groups is 1. The second kappa shape index (κ2) is 5.56. The minimum atomic E-state index is -1.98. The molecule has 0 aromatic heterocycles. The summed E-state index contributed by atoms with van der Waals surface area (Å²) in [6, 6.07) is 1.81. The van der Waals surface area contributed by atoms with Crippen LogP contribution in [0, 0.1) is 20.2 Å². The molecule has 2 rings (SSSR count). The lowest BCUT2D eigenvalue weighted by Gasteiger charge is -2.29. The molecule has 1 aromatic rings. The lowest BCUT2D eigenvalue weighted by molar-refractivity contribution is -0.672. The van der Waals surface area contributed by atoms with Gasteiger partial charge in [0.15, 0.2) is 5.03 Å². The van der Waals surface area contributed by atoms with Crippen LogP contribution in [-0.4, -0.2) is 33.1 Å². The Morgan fingerprint density at radius 1 is 1.36 bits per heavy atom. The maximum Gasteiger partial charge on any atom is 0.319 e. The van der Waals surface area contributed by atoms with Crippen LogP contribution in [0.2, 0.25) is 5.02 Å². The Bertz CT molecular complexity index is 692. The second-order valence-electron chi connectivity index (χ2n) is 4.35. The van der Waals surface area contributed by atoms with E-state index < -0.39 is 34.1 Å². The van der Waals surface area contributed by atoms with Crippen molar-refractivity contribution in [3.63, 3.8) is 0 Å². The maximum atomic E-state index is 12.2. The van der Waals surface area contributed by atoms with Crippen molar-refractivity contribution in [1.82, 2.24) is 5.01 Å². The van der Waals surface area contributed by atoms with Gasteiger partial charge < -0.3 is 4.74 Å². The molecule has 0 fully saturated rings. The Balaban J connectivity index is 2.68. The number of hydrogen-bond acceptors (Lipinski definition) is 7. The number of nitro groups is 2. The normalized spacial score (nSPS) is 20.3. The van der Waals surface area contributed by atoms with Gasteiger partial charge in [0.1, 0.15) is 0 Å². The molecule has 2 atom stereocenters. The molecule has 116 valence electrons. The van der Waals surface area contributed by atoms with E-state index in [9.17, 15) is 29.8 Å². The largest absolute Gasteiger partial charge is 0.427 e. The zero-order chi connectivity index (χ0) is 16.6. The highest BCUT2D eigenvalue weighted by atomic mass is 35.5. The lowest BCUT2D eigenvalue weighted by atomic mass is 9.94. The van der Waals surface area contributed by atoms with Crippen molar-refractivity contribution < 1.29 is 24.3 Å². The molecule has 1 aliphatic rings. The van der Waals surface area contributed by atoms with Crippen LogP contribution >= 0.6 is 11.6 Å². The molecule has 11 heteroatoms. The summed E-state index contributed by atoms with van der Waals surface area (Å²) >= 11 is 5.72. The SMILES string of the molecule is CC(=O)OC1C([N+](=O)[O-])c2ccc(Cl)cc2C(=O)N1[N+](=O)[O-]. The van der Waals surface area contributed by atoms with E-state index in [0.717, 1.165) is 13.0 Å². The first-order chi connectivity index (χ1) is 10.2. The molecule has 0 saturated carbocycles. The van der Waals surface area contributed by atoms with Crippen LogP contribution in [0.4, 0.5) is 0 Å². The van der Waals surface area contributed by atoms with Crippen LogP contribution in [0.5, 0.6) is 0 Å². The zero-order valence-electron chi connectivity index (χ0n) is 11.0. The number of carbonyl (C=O) groups excluding carboxylic acids is 2. The van der Waals surface area contributed by atoms with Gasteiger partial charge in [-0.25, -0.2) is 10.1 Å². The summed E-state index contributed by atoms with van der Waals surface area (Å²) in [4.78, 5) is 44.8. The first-order valence-corrected chi connectivity index (χ1v) is 6.20. The van der Waals surface area contributed by atoms with Gasteiger partial charge in [0.05, 0.1) is 5.56 Å². The van der Waals surface area contributed by atoms with E-state index >= 15 is 0 Å². The Hall–Kier alpha value is -2.75. The van der Waals surface area contributed by atoms with E-state index in [4.69, 9.17) is 11.6 Å². The highest BCUT2D eigenvalue weighted by Crippen LogP contribution is 2.35. The molecule has 0 aliphatic carbocycles. The molecule has 0 N–H and O–H groups in total. The maximum absolute atomic E-state index is 12.2. The van der Waals surface area contributed by atoms with Crippen LogP contribution in [0.3, 0.4) is 0 Å². The Morgan fingerprint density at radius 3 is 2.50 bits per heavy atom. The highest BCUT2D eigenvalue weighted by Gasteiger charge is 2.55. The fourth-order valence-electron chi connectivity index (χ4n) is 2.17. The van der Waals surface area contributed by atoms with Gasteiger partial charge in [0, 0.05) is 22.4 Å². The number of carbonyl (C=O) groups is 2. The number of halogens is 1. The second-order valence-corrected chi connectivity index (χ2v) is 4.79. The minimum absolute atomic E-state index is 0.0759. The number of amides is 1. The van der Waals surface area contributed by atoms with Crippen molar-refractivity contribution in [3.8, 4) is 0 Å². The third-order valence-corrected chi connectivity index (χ3v) is 3.21. The summed E-state index contributed by atoms with van der Waals surface area (Å²) in [5.74, 6) is -2.14. The third kappa shape index (κ3) is 2.55. The summed E-state index contributed by atoms with van der Waals surface area (Å²) in [7, 11) is 0. The minimum Gasteiger partial charge on any atom is -0.427 e. The Kier molecular flexibility index (Phi) is 3.95. The summed E-state index contributed by atoms with van der Waals surface area (Å²) in [5.41, 5.74) is -0.391. The van der Waals surface area contributed by atoms with E-state index in [-0.39, 0.29) is 21.2 Å². The Labute approximate surface area is 127 Å². The smallest absolute Gasteiger partial charge is 0.319 e. The zero-order valence-corrected chi connectivity index (χ0v) is 11.7. The summed E-state index contributed by atoms with van der Waals surface area (Å²) in [5, 5.41) is 21.2. The van der Waals surface area contributed by atoms with Crippen LogP contribution in [-0.2, 0) is 9.53 Å². The average molecular weight is 330 g/mol. The molecule has 0 bridgehead atoms. The standard InChI is InChI=1S/C11H8ClN3O7/c1-5(16)22-11-9(14(18)19)7-3-2-6(12)4-8(7)10(17)13(11)15(20)21/h2-4,9,11H,1H3. The van der Waals surface area contributed by atoms with Crippen molar-refractivity contribution in [2.45, 2.75) is 19.2 Å². The lowest BCUT2D eigenvalue weighted by Crippen LogP contribution is -2.54. The van der Waals surface area contributed by atoms with Gasteiger partial charge in [-0.1, -0.05) is 11.6 Å². The molecule has 1 heterocycles. The number of benzene rings is 1. The van der Waals surface area contributed by atoms with Gasteiger partial charge >= 0.3 is 18.1 Å². The third-order valence-electron chi connectivity index (χ3n) is 2.97. The molecule has 10 nitrogen and oxygen atoms in total. The van der Waals surface area contributed by atoms with E-state index in [1.807, 2.05) is 0 Å². The molecule has 1 amide bonds. The monoisotopic (exact) mass is 329 g/mol. The fourth-order valence-corrected chi connectivity index (χ4v) is 2.34. The van der Waals surface area contributed by atoms with Crippen molar-refractivity contribution in [1.29, 1.82) is 0 Å². The molecule has 0 radical (unpaired) electrons. The van der Waals surface area contributed by atoms with E-state index in [1.54, 1.807) is 0 Å². The highest BCUT2D eigenvalue weighted by molar-refractivity contribution is 6.31. The van der Waals surface area contributed by atoms with E-state index in [2.05, 4.69) is 4.74 Å². The Morgan fingerprint density at radius 2 is 2.00 bits per heavy atom. The molecule has 1 aliphatic heterocycles. The predicted molar refractivity (Wildman–Crippen MR) is 69.9 cm³/mol. The molecule has 1 aromatic carbocycles. The molecule has 22 heavy (non-hydrogen) atoms. The van der Waals surface area contributed by atoms with Gasteiger partial charge in [0.25, 0.3) is 6.04 Å². The number of rotatable bonds is 3. The number of ether oxygens (including phenoxy) is 1. The molecular weight excluding hydrogens is 322 g/mol. The summed E-state index contributed by atoms with van der Waals surface area (Å²) in [6.45, 7) is 0.928. The van der Waals surface area contributed by atoms with Crippen molar-refractivity contribution in [2.24, 2.45) is 0 Å². The van der Waals surface area contributed by atoms with Gasteiger partial charge in [-0.3, -0.25) is 19.7 Å². The fraction of sp³-hybridized carbons (Fsp3) is 0.273. The van der Waals surface area contributed by atoms with E-state index in [0.29, 0.717) is 0 Å². The molecule has 0 saturated heterocycles. The molecule has 2 unspecified atom stereocenters. The van der Waals surface area contributed by atoms with Gasteiger partial charge in [0.2, 0.25) is 0 Å². The quantitative estimate of drug-likeness (QED) is 0.462. The van der Waals surface area contributed by atoms with Crippen LogP contribution in [0.25, 0.3) is 0 Å². The van der Waals surface area contributed by atoms with Crippen molar-refractivity contribution >= 4 is 23.5 Å². The molecule has 0 spiro atoms. The predicted octanol–water partition coefficient (Wildman–Crippen LogP) is 1.19. The van der Waals surface area contributed by atoms with Crippen molar-refractivity contribution in [2.75, 3.05) is 0 Å². The van der Waals surface area contributed by atoms with Gasteiger partial charge in [-0.2, -0.15) is 0 Å². The van der Waals surface area contributed by atoms with Gasteiger partial charge in [-0.05, 0) is 23.2 Å².